The van der Waals surface area contributed by atoms with Crippen LogP contribution in [-0.4, -0.2) is 24.3 Å². The monoisotopic (exact) mass is 399 g/mol. The van der Waals surface area contributed by atoms with E-state index in [0.717, 1.165) is 17.7 Å². The summed E-state index contributed by atoms with van der Waals surface area (Å²) in [5.41, 5.74) is 2.18. The number of halogens is 1. The van der Waals surface area contributed by atoms with Crippen LogP contribution in [0.15, 0.2) is 48.5 Å². The smallest absolute Gasteiger partial charge is 0.227 e. The highest BCUT2D eigenvalue weighted by atomic mass is 35.5. The van der Waals surface area contributed by atoms with Crippen molar-refractivity contribution in [1.29, 1.82) is 0 Å². The molecule has 1 aliphatic heterocycles. The lowest BCUT2D eigenvalue weighted by Crippen LogP contribution is -2.29. The largest absolute Gasteiger partial charge is 0.349 e. The summed E-state index contributed by atoms with van der Waals surface area (Å²) in [6.07, 6.45) is 1.47. The van der Waals surface area contributed by atoms with E-state index in [9.17, 15) is 14.4 Å². The molecule has 2 aromatic carbocycles. The molecule has 3 rings (SSSR count). The number of amides is 3. The number of hydrogen-bond donors (Lipinski definition) is 2. The number of hydrogen-bond acceptors (Lipinski definition) is 3. The lowest BCUT2D eigenvalue weighted by Gasteiger charge is -2.19. The van der Waals surface area contributed by atoms with Gasteiger partial charge in [0.1, 0.15) is 0 Å². The van der Waals surface area contributed by atoms with Crippen LogP contribution in [0.1, 0.15) is 37.8 Å². The fraction of sp³-hybridized carbons (Fsp3) is 0.286. The van der Waals surface area contributed by atoms with Gasteiger partial charge in [0.2, 0.25) is 17.7 Å². The van der Waals surface area contributed by atoms with Crippen molar-refractivity contribution in [1.82, 2.24) is 5.32 Å². The molecule has 0 aromatic heterocycles. The molecule has 2 N–H and O–H groups in total. The normalized spacial score (nSPS) is 14.6. The summed E-state index contributed by atoms with van der Waals surface area (Å²) in [6, 6.07) is 13.8. The predicted octanol–water partition coefficient (Wildman–Crippen LogP) is 3.67. The van der Waals surface area contributed by atoms with Crippen LogP contribution < -0.4 is 15.5 Å². The molecule has 0 unspecified atom stereocenters. The summed E-state index contributed by atoms with van der Waals surface area (Å²) >= 11 is 5.92. The maximum absolute atomic E-state index is 12.6. The Bertz CT molecular complexity index is 883. The van der Waals surface area contributed by atoms with E-state index in [0.29, 0.717) is 23.7 Å². The maximum Gasteiger partial charge on any atom is 0.227 e. The Labute approximate surface area is 168 Å². The third kappa shape index (κ3) is 5.10. The Morgan fingerprint density at radius 2 is 1.93 bits per heavy atom. The van der Waals surface area contributed by atoms with Gasteiger partial charge < -0.3 is 15.5 Å². The number of rotatable bonds is 6. The van der Waals surface area contributed by atoms with Gasteiger partial charge in [-0.2, -0.15) is 0 Å². The zero-order chi connectivity index (χ0) is 20.1. The molecule has 3 amide bonds. The molecule has 1 aliphatic rings. The first-order valence-corrected chi connectivity index (χ1v) is 9.53. The predicted molar refractivity (Wildman–Crippen MR) is 109 cm³/mol. The van der Waals surface area contributed by atoms with Crippen molar-refractivity contribution in [3.63, 3.8) is 0 Å². The molecule has 2 aromatic rings. The number of carbonyl (C=O) groups excluding carboxylic acids is 3. The average Bonchev–Trinajstić information content (AvgIpc) is 3.07. The van der Waals surface area contributed by atoms with E-state index < -0.39 is 6.04 Å². The summed E-state index contributed by atoms with van der Waals surface area (Å²) in [5, 5.41) is 6.24. The number of nitrogens with one attached hydrogen (secondary N) is 2. The summed E-state index contributed by atoms with van der Waals surface area (Å²) in [6.45, 7) is 2.11. The minimum Gasteiger partial charge on any atom is -0.349 e. The minimum atomic E-state index is -0.460. The van der Waals surface area contributed by atoms with Crippen LogP contribution >= 0.6 is 11.6 Å². The molecular weight excluding hydrogens is 378 g/mol. The Morgan fingerprint density at radius 1 is 1.18 bits per heavy atom. The van der Waals surface area contributed by atoms with Crippen LogP contribution in [0.3, 0.4) is 0 Å². The van der Waals surface area contributed by atoms with E-state index >= 15 is 0 Å². The van der Waals surface area contributed by atoms with Gasteiger partial charge in [0.25, 0.3) is 0 Å². The second-order valence-corrected chi connectivity index (χ2v) is 7.19. The number of nitrogens with zero attached hydrogens (tertiary/aromatic N) is 1. The minimum absolute atomic E-state index is 0.0775. The van der Waals surface area contributed by atoms with E-state index in [-0.39, 0.29) is 24.1 Å². The third-order valence-electron chi connectivity index (χ3n) is 4.55. The van der Waals surface area contributed by atoms with Gasteiger partial charge in [-0.3, -0.25) is 14.4 Å². The van der Waals surface area contributed by atoms with Crippen molar-refractivity contribution in [2.24, 2.45) is 0 Å². The maximum atomic E-state index is 12.6. The molecule has 0 bridgehead atoms. The summed E-state index contributed by atoms with van der Waals surface area (Å²) in [5.74, 6) is -0.363. The molecule has 6 nitrogen and oxygen atoms in total. The number of anilines is 2. The number of benzene rings is 2. The van der Waals surface area contributed by atoms with E-state index in [4.69, 9.17) is 11.6 Å². The second kappa shape index (κ2) is 8.89. The van der Waals surface area contributed by atoms with Gasteiger partial charge >= 0.3 is 0 Å². The highest BCUT2D eigenvalue weighted by molar-refractivity contribution is 6.30. The molecular formula is C21H22ClN3O3. The van der Waals surface area contributed by atoms with Crippen molar-refractivity contribution in [2.45, 2.75) is 32.2 Å². The van der Waals surface area contributed by atoms with Crippen molar-refractivity contribution in [3.05, 3.63) is 59.1 Å². The van der Waals surface area contributed by atoms with Crippen LogP contribution in [0.2, 0.25) is 5.02 Å². The van der Waals surface area contributed by atoms with Gasteiger partial charge in [0.15, 0.2) is 0 Å². The first-order valence-electron chi connectivity index (χ1n) is 9.15. The van der Waals surface area contributed by atoms with Crippen LogP contribution in [-0.2, 0) is 14.4 Å². The summed E-state index contributed by atoms with van der Waals surface area (Å²) in [4.78, 5) is 37.8. The molecule has 146 valence electrons. The van der Waals surface area contributed by atoms with Gasteiger partial charge in [0.05, 0.1) is 12.5 Å². The Kier molecular flexibility index (Phi) is 6.31. The molecule has 0 spiro atoms. The van der Waals surface area contributed by atoms with Gasteiger partial charge in [-0.05, 0) is 42.3 Å². The molecule has 0 aliphatic carbocycles. The third-order valence-corrected chi connectivity index (χ3v) is 4.81. The zero-order valence-electron chi connectivity index (χ0n) is 15.6. The van der Waals surface area contributed by atoms with E-state index in [1.165, 1.54) is 6.92 Å². The average molecular weight is 400 g/mol. The number of carbonyl (C=O) groups is 3. The highest BCUT2D eigenvalue weighted by Crippen LogP contribution is 2.25. The van der Waals surface area contributed by atoms with Crippen LogP contribution in [0, 0.1) is 0 Å². The molecule has 0 radical (unpaired) electrons. The topological polar surface area (TPSA) is 78.5 Å². The lowest BCUT2D eigenvalue weighted by molar-refractivity contribution is -0.120. The first-order chi connectivity index (χ1) is 13.4. The molecule has 0 saturated carbocycles. The quantitative estimate of drug-likeness (QED) is 0.777. The molecule has 1 heterocycles. The Balaban J connectivity index is 1.69. The van der Waals surface area contributed by atoms with Crippen molar-refractivity contribution in [2.75, 3.05) is 16.8 Å². The molecule has 7 heteroatoms. The fourth-order valence-electron chi connectivity index (χ4n) is 3.26. The van der Waals surface area contributed by atoms with E-state index in [2.05, 4.69) is 10.6 Å². The molecule has 1 atom stereocenters. The van der Waals surface area contributed by atoms with Gasteiger partial charge in [-0.1, -0.05) is 29.8 Å². The highest BCUT2D eigenvalue weighted by Gasteiger charge is 2.22. The summed E-state index contributed by atoms with van der Waals surface area (Å²) in [7, 11) is 0. The van der Waals surface area contributed by atoms with Crippen LogP contribution in [0.4, 0.5) is 11.4 Å². The fourth-order valence-corrected chi connectivity index (χ4v) is 3.39. The SMILES string of the molecule is CC(=O)N[C@@H](CC(=O)Nc1cccc(N2CCCC2=O)c1)c1ccc(Cl)cc1. The van der Waals surface area contributed by atoms with Crippen molar-refractivity contribution < 1.29 is 14.4 Å². The van der Waals surface area contributed by atoms with Crippen LogP contribution in [0.25, 0.3) is 0 Å². The molecule has 1 saturated heterocycles. The standard InChI is InChI=1S/C21H22ClN3O3/c1-14(26)23-19(15-7-9-16(22)10-8-15)13-20(27)24-17-4-2-5-18(12-17)25-11-3-6-21(25)28/h2,4-5,7-10,12,19H,3,6,11,13H2,1H3,(H,23,26)(H,24,27)/t19-/m0/s1. The molecule has 28 heavy (non-hydrogen) atoms. The first kappa shape index (κ1) is 19.9. The second-order valence-electron chi connectivity index (χ2n) is 6.76. The van der Waals surface area contributed by atoms with E-state index in [1.54, 1.807) is 47.4 Å². The van der Waals surface area contributed by atoms with Gasteiger partial charge in [0, 0.05) is 36.3 Å². The zero-order valence-corrected chi connectivity index (χ0v) is 16.3. The van der Waals surface area contributed by atoms with Gasteiger partial charge in [-0.25, -0.2) is 0 Å². The lowest BCUT2D eigenvalue weighted by atomic mass is 10.0. The van der Waals surface area contributed by atoms with E-state index in [1.807, 2.05) is 6.07 Å². The Hall–Kier alpha value is -2.86. The van der Waals surface area contributed by atoms with Gasteiger partial charge in [-0.15, -0.1) is 0 Å². The molecule has 1 fully saturated rings. The summed E-state index contributed by atoms with van der Waals surface area (Å²) < 4.78 is 0. The van der Waals surface area contributed by atoms with Crippen LogP contribution in [0.5, 0.6) is 0 Å². The Morgan fingerprint density at radius 3 is 2.57 bits per heavy atom. The van der Waals surface area contributed by atoms with Crippen molar-refractivity contribution >= 4 is 40.7 Å². The van der Waals surface area contributed by atoms with Crippen molar-refractivity contribution in [3.8, 4) is 0 Å².